The smallest absolute Gasteiger partial charge is 0.265 e. The Kier molecular flexibility index (Phi) is 5.01. The maximum atomic E-state index is 13.9. The summed E-state index contributed by atoms with van der Waals surface area (Å²) in [6.45, 7) is 5.83. The molecular weight excluding hydrogens is 372 g/mol. The lowest BCUT2D eigenvalue weighted by molar-refractivity contribution is 0.555. The van der Waals surface area contributed by atoms with Gasteiger partial charge in [0, 0.05) is 0 Å². The van der Waals surface area contributed by atoms with Gasteiger partial charge < -0.3 is 0 Å². The summed E-state index contributed by atoms with van der Waals surface area (Å²) in [5.74, 6) is -1.85. The third-order valence-corrected chi connectivity index (χ3v) is 5.75. The number of nitrogens with one attached hydrogen (secondary N) is 1. The second kappa shape index (κ2) is 7.11. The molecule has 1 heterocycles. The van der Waals surface area contributed by atoms with Crippen molar-refractivity contribution in [2.24, 2.45) is 0 Å². The molecule has 0 aliphatic heterocycles. The molecular formula is C19H19F2N3O2S. The highest BCUT2D eigenvalue weighted by molar-refractivity contribution is 7.92. The van der Waals surface area contributed by atoms with Crippen molar-refractivity contribution in [3.8, 4) is 0 Å². The fourth-order valence-electron chi connectivity index (χ4n) is 2.82. The molecule has 0 saturated carbocycles. The predicted molar refractivity (Wildman–Crippen MR) is 99.1 cm³/mol. The van der Waals surface area contributed by atoms with E-state index in [2.05, 4.69) is 9.82 Å². The number of anilines is 1. The first-order chi connectivity index (χ1) is 12.7. The molecule has 0 bridgehead atoms. The van der Waals surface area contributed by atoms with Gasteiger partial charge in [0.15, 0.2) is 0 Å². The van der Waals surface area contributed by atoms with Crippen LogP contribution in [-0.2, 0) is 16.6 Å². The van der Waals surface area contributed by atoms with E-state index in [4.69, 9.17) is 0 Å². The lowest BCUT2D eigenvalue weighted by atomic mass is 10.1. The van der Waals surface area contributed by atoms with Crippen molar-refractivity contribution in [3.63, 3.8) is 0 Å². The first-order valence-corrected chi connectivity index (χ1v) is 9.74. The Balaban J connectivity index is 1.95. The fraction of sp³-hybridized carbons (Fsp3) is 0.211. The van der Waals surface area contributed by atoms with E-state index in [0.29, 0.717) is 24.0 Å². The number of aryl methyl sites for hydroxylation is 2. The zero-order chi connectivity index (χ0) is 19.8. The highest BCUT2D eigenvalue weighted by Crippen LogP contribution is 2.25. The molecule has 0 atom stereocenters. The molecule has 0 amide bonds. The van der Waals surface area contributed by atoms with Crippen molar-refractivity contribution in [1.82, 2.24) is 9.78 Å². The second-order valence-electron chi connectivity index (χ2n) is 6.31. The lowest BCUT2D eigenvalue weighted by Gasteiger charge is -2.11. The predicted octanol–water partition coefficient (Wildman–Crippen LogP) is 3.94. The van der Waals surface area contributed by atoms with Crippen LogP contribution < -0.4 is 4.72 Å². The van der Waals surface area contributed by atoms with Crippen molar-refractivity contribution < 1.29 is 17.2 Å². The molecule has 0 saturated heterocycles. The van der Waals surface area contributed by atoms with Gasteiger partial charge in [-0.2, -0.15) is 5.10 Å². The molecule has 3 rings (SSSR count). The summed E-state index contributed by atoms with van der Waals surface area (Å²) >= 11 is 0. The molecule has 2 aromatic carbocycles. The number of hydrogen-bond donors (Lipinski definition) is 1. The number of hydrogen-bond acceptors (Lipinski definition) is 3. The molecule has 8 heteroatoms. The quantitative estimate of drug-likeness (QED) is 0.717. The Labute approximate surface area is 156 Å². The molecule has 5 nitrogen and oxygen atoms in total. The minimum absolute atomic E-state index is 0.257. The summed E-state index contributed by atoms with van der Waals surface area (Å²) in [6, 6.07) is 10.1. The zero-order valence-corrected chi connectivity index (χ0v) is 15.9. The average molecular weight is 391 g/mol. The normalized spacial score (nSPS) is 11.6. The van der Waals surface area contributed by atoms with Gasteiger partial charge in [-0.3, -0.25) is 9.40 Å². The Morgan fingerprint density at radius 2 is 1.78 bits per heavy atom. The number of aromatic nitrogens is 2. The minimum atomic E-state index is -4.30. The van der Waals surface area contributed by atoms with Gasteiger partial charge in [-0.15, -0.1) is 0 Å². The van der Waals surface area contributed by atoms with Crippen molar-refractivity contribution in [2.75, 3.05) is 4.72 Å². The number of nitrogens with zero attached hydrogens (tertiary/aromatic N) is 2. The van der Waals surface area contributed by atoms with Crippen LogP contribution in [0, 0.1) is 32.4 Å². The Bertz CT molecular complexity index is 1110. The summed E-state index contributed by atoms with van der Waals surface area (Å²) in [5, 5.41) is 4.39. The molecule has 0 radical (unpaired) electrons. The Morgan fingerprint density at radius 3 is 2.48 bits per heavy atom. The van der Waals surface area contributed by atoms with Crippen LogP contribution in [0.2, 0.25) is 0 Å². The molecule has 0 aliphatic rings. The first-order valence-electron chi connectivity index (χ1n) is 8.25. The topological polar surface area (TPSA) is 64.0 Å². The van der Waals surface area contributed by atoms with Crippen molar-refractivity contribution in [1.29, 1.82) is 0 Å². The van der Waals surface area contributed by atoms with Crippen LogP contribution in [0.5, 0.6) is 0 Å². The van der Waals surface area contributed by atoms with E-state index in [1.54, 1.807) is 18.5 Å². The molecule has 1 N–H and O–H groups in total. The third kappa shape index (κ3) is 3.85. The van der Waals surface area contributed by atoms with Crippen LogP contribution in [0.1, 0.15) is 22.5 Å². The summed E-state index contributed by atoms with van der Waals surface area (Å²) in [5.41, 5.74) is 3.42. The average Bonchev–Trinajstić information content (AvgIpc) is 2.86. The molecule has 142 valence electrons. The van der Waals surface area contributed by atoms with Gasteiger partial charge in [0.05, 0.1) is 23.6 Å². The summed E-state index contributed by atoms with van der Waals surface area (Å²) < 4.78 is 56.4. The number of sulfonamides is 1. The van der Waals surface area contributed by atoms with Gasteiger partial charge in [0.1, 0.15) is 16.5 Å². The van der Waals surface area contributed by atoms with Crippen molar-refractivity contribution in [2.45, 2.75) is 32.2 Å². The largest absolute Gasteiger partial charge is 0.276 e. The molecule has 0 aliphatic carbocycles. The summed E-state index contributed by atoms with van der Waals surface area (Å²) in [4.78, 5) is -0.743. The van der Waals surface area contributed by atoms with E-state index < -0.39 is 26.6 Å². The minimum Gasteiger partial charge on any atom is -0.276 e. The zero-order valence-electron chi connectivity index (χ0n) is 15.1. The fourth-order valence-corrected chi connectivity index (χ4v) is 4.09. The highest BCUT2D eigenvalue weighted by atomic mass is 32.2. The van der Waals surface area contributed by atoms with E-state index in [0.717, 1.165) is 23.3 Å². The van der Waals surface area contributed by atoms with Gasteiger partial charge in [-0.05, 0) is 50.1 Å². The number of rotatable bonds is 5. The van der Waals surface area contributed by atoms with Gasteiger partial charge in [0.25, 0.3) is 10.0 Å². The van der Waals surface area contributed by atoms with E-state index in [1.807, 2.05) is 31.2 Å². The van der Waals surface area contributed by atoms with E-state index in [9.17, 15) is 17.2 Å². The number of benzene rings is 2. The SMILES string of the molecule is Cc1ccccc1Cn1nc(C)c(NS(=O)(=O)c2cc(F)ccc2F)c1C. The molecule has 1 aromatic heterocycles. The highest BCUT2D eigenvalue weighted by Gasteiger charge is 2.23. The van der Waals surface area contributed by atoms with Crippen LogP contribution in [0.15, 0.2) is 47.4 Å². The van der Waals surface area contributed by atoms with E-state index >= 15 is 0 Å². The first kappa shape index (κ1) is 19.0. The van der Waals surface area contributed by atoms with Crippen molar-refractivity contribution >= 4 is 15.7 Å². The summed E-state index contributed by atoms with van der Waals surface area (Å²) in [7, 11) is -4.30. The van der Waals surface area contributed by atoms with Crippen LogP contribution >= 0.6 is 0 Å². The monoisotopic (exact) mass is 391 g/mol. The van der Waals surface area contributed by atoms with Gasteiger partial charge >= 0.3 is 0 Å². The standard InChI is InChI=1S/C19H19F2N3O2S/c1-12-6-4-5-7-15(12)11-24-14(3)19(13(2)22-24)23-27(25,26)18-10-16(20)8-9-17(18)21/h4-10,23H,11H2,1-3H3. The number of halogens is 2. The maximum absolute atomic E-state index is 13.9. The van der Waals surface area contributed by atoms with Gasteiger partial charge in [0.2, 0.25) is 0 Å². The summed E-state index contributed by atoms with van der Waals surface area (Å²) in [6.07, 6.45) is 0. The van der Waals surface area contributed by atoms with Crippen LogP contribution in [0.25, 0.3) is 0 Å². The van der Waals surface area contributed by atoms with E-state index in [-0.39, 0.29) is 5.69 Å². The Hall–Kier alpha value is -2.74. The van der Waals surface area contributed by atoms with Gasteiger partial charge in [-0.1, -0.05) is 24.3 Å². The molecule has 0 unspecified atom stereocenters. The van der Waals surface area contributed by atoms with Gasteiger partial charge in [-0.25, -0.2) is 17.2 Å². The maximum Gasteiger partial charge on any atom is 0.265 e. The Morgan fingerprint density at radius 1 is 1.07 bits per heavy atom. The molecule has 0 spiro atoms. The van der Waals surface area contributed by atoms with Crippen LogP contribution in [0.4, 0.5) is 14.5 Å². The van der Waals surface area contributed by atoms with E-state index in [1.165, 1.54) is 0 Å². The van der Waals surface area contributed by atoms with Crippen LogP contribution in [-0.4, -0.2) is 18.2 Å². The lowest BCUT2D eigenvalue weighted by Crippen LogP contribution is -2.16. The second-order valence-corrected chi connectivity index (χ2v) is 7.96. The van der Waals surface area contributed by atoms with Crippen LogP contribution in [0.3, 0.4) is 0 Å². The molecule has 0 fully saturated rings. The molecule has 3 aromatic rings. The third-order valence-electron chi connectivity index (χ3n) is 4.38. The van der Waals surface area contributed by atoms with Crippen molar-refractivity contribution in [3.05, 3.63) is 76.6 Å². The molecule has 27 heavy (non-hydrogen) atoms.